The largest absolute Gasteiger partial charge is 0.341 e. The van der Waals surface area contributed by atoms with Gasteiger partial charge in [-0.2, -0.15) is 4.31 Å². The molecule has 182 valence electrons. The minimum Gasteiger partial charge on any atom is -0.341 e. The van der Waals surface area contributed by atoms with Crippen LogP contribution in [0.1, 0.15) is 44.6 Å². The molecule has 9 heteroatoms. The number of likely N-dealkylation sites (tertiary alicyclic amines) is 1. The second-order valence-electron chi connectivity index (χ2n) is 9.51. The Morgan fingerprint density at radius 2 is 1.48 bits per heavy atom. The molecule has 3 saturated heterocycles. The lowest BCUT2D eigenvalue weighted by Gasteiger charge is -2.40. The van der Waals surface area contributed by atoms with Crippen molar-refractivity contribution in [2.75, 3.05) is 45.8 Å². The number of carbonyl (C=O) groups excluding carboxylic acids is 2. The second kappa shape index (κ2) is 10.1. The minimum absolute atomic E-state index is 0.113. The molecule has 0 radical (unpaired) electrons. The molecule has 4 rings (SSSR count). The van der Waals surface area contributed by atoms with Gasteiger partial charge in [0.1, 0.15) is 6.04 Å². The van der Waals surface area contributed by atoms with E-state index in [4.69, 9.17) is 0 Å². The average Bonchev–Trinajstić information content (AvgIpc) is 3.35. The number of carbonyl (C=O) groups is 2. The van der Waals surface area contributed by atoms with Gasteiger partial charge in [-0.3, -0.25) is 14.5 Å². The fourth-order valence-electron chi connectivity index (χ4n) is 5.20. The van der Waals surface area contributed by atoms with Gasteiger partial charge in [0.05, 0.1) is 10.9 Å². The van der Waals surface area contributed by atoms with E-state index in [9.17, 15) is 18.0 Å². The highest BCUT2D eigenvalue weighted by molar-refractivity contribution is 7.89. The van der Waals surface area contributed by atoms with Gasteiger partial charge in [0.2, 0.25) is 21.8 Å². The van der Waals surface area contributed by atoms with Crippen LogP contribution in [0.5, 0.6) is 0 Å². The Hall–Kier alpha value is -1.97. The van der Waals surface area contributed by atoms with Crippen molar-refractivity contribution in [2.24, 2.45) is 0 Å². The fraction of sp³-hybridized carbons (Fsp3) is 0.667. The molecule has 0 spiro atoms. The molecule has 2 atom stereocenters. The first-order valence-electron chi connectivity index (χ1n) is 12.2. The van der Waals surface area contributed by atoms with E-state index in [1.54, 1.807) is 29.2 Å². The molecule has 0 aromatic heterocycles. The molecule has 1 aromatic rings. The summed E-state index contributed by atoms with van der Waals surface area (Å²) in [6, 6.07) is 5.96. The maximum absolute atomic E-state index is 13.3. The first-order valence-corrected chi connectivity index (χ1v) is 13.6. The summed E-state index contributed by atoms with van der Waals surface area (Å²) in [5, 5.41) is 0. The van der Waals surface area contributed by atoms with Gasteiger partial charge < -0.3 is 9.80 Å². The normalized spacial score (nSPS) is 24.1. The third-order valence-corrected chi connectivity index (χ3v) is 9.24. The number of nitrogens with zero attached hydrogens (tertiary/aromatic N) is 4. The first-order chi connectivity index (χ1) is 15.8. The molecule has 0 saturated carbocycles. The van der Waals surface area contributed by atoms with Crippen LogP contribution in [0.25, 0.3) is 0 Å². The van der Waals surface area contributed by atoms with E-state index in [2.05, 4.69) is 4.90 Å². The van der Waals surface area contributed by atoms with Gasteiger partial charge in [0.25, 0.3) is 0 Å². The summed E-state index contributed by atoms with van der Waals surface area (Å²) in [5.41, 5.74) is 0.994. The Morgan fingerprint density at radius 1 is 0.848 bits per heavy atom. The van der Waals surface area contributed by atoms with Gasteiger partial charge in [-0.1, -0.05) is 17.7 Å². The number of rotatable bonds is 5. The first kappa shape index (κ1) is 24.2. The number of piperazine rings is 1. The summed E-state index contributed by atoms with van der Waals surface area (Å²) in [4.78, 5) is 32.3. The molecule has 8 nitrogen and oxygen atoms in total. The maximum atomic E-state index is 13.3. The predicted octanol–water partition coefficient (Wildman–Crippen LogP) is 1.69. The SMILES string of the molecule is Cc1ccc(S(=O)(=O)N2CCC[C@H]2C(=O)N2CCN(C(C)C(=O)N3CCCCC3)CC2)cc1. The van der Waals surface area contributed by atoms with E-state index in [-0.39, 0.29) is 22.8 Å². The second-order valence-corrected chi connectivity index (χ2v) is 11.4. The van der Waals surface area contributed by atoms with Crippen LogP contribution >= 0.6 is 0 Å². The summed E-state index contributed by atoms with van der Waals surface area (Å²) in [7, 11) is -3.71. The number of benzene rings is 1. The Labute approximate surface area is 197 Å². The number of hydrogen-bond donors (Lipinski definition) is 0. The van der Waals surface area contributed by atoms with Crippen molar-refractivity contribution in [2.45, 2.75) is 62.9 Å². The Bertz CT molecular complexity index is 951. The number of aryl methyl sites for hydroxylation is 1. The van der Waals surface area contributed by atoms with Crippen LogP contribution in [0.15, 0.2) is 29.2 Å². The highest BCUT2D eigenvalue weighted by Gasteiger charge is 2.42. The maximum Gasteiger partial charge on any atom is 0.243 e. The lowest BCUT2D eigenvalue weighted by Crippen LogP contribution is -2.58. The van der Waals surface area contributed by atoms with Crippen LogP contribution in [0, 0.1) is 6.92 Å². The van der Waals surface area contributed by atoms with E-state index >= 15 is 0 Å². The van der Waals surface area contributed by atoms with Gasteiger partial charge in [-0.25, -0.2) is 8.42 Å². The van der Waals surface area contributed by atoms with Crippen molar-refractivity contribution in [3.05, 3.63) is 29.8 Å². The van der Waals surface area contributed by atoms with E-state index in [1.165, 1.54) is 10.7 Å². The van der Waals surface area contributed by atoms with Crippen molar-refractivity contribution < 1.29 is 18.0 Å². The van der Waals surface area contributed by atoms with Gasteiger partial charge in [0, 0.05) is 45.8 Å². The smallest absolute Gasteiger partial charge is 0.243 e. The van der Waals surface area contributed by atoms with Crippen LogP contribution in [0.2, 0.25) is 0 Å². The molecule has 0 aliphatic carbocycles. The quantitative estimate of drug-likeness (QED) is 0.646. The third kappa shape index (κ3) is 5.10. The summed E-state index contributed by atoms with van der Waals surface area (Å²) in [6.45, 7) is 8.22. The van der Waals surface area contributed by atoms with Gasteiger partial charge in [-0.05, 0) is 58.1 Å². The summed E-state index contributed by atoms with van der Waals surface area (Å²) in [6.07, 6.45) is 4.57. The third-order valence-electron chi connectivity index (χ3n) is 7.32. The average molecular weight is 477 g/mol. The van der Waals surface area contributed by atoms with Crippen LogP contribution in [-0.2, 0) is 19.6 Å². The summed E-state index contributed by atoms with van der Waals surface area (Å²) < 4.78 is 27.8. The monoisotopic (exact) mass is 476 g/mol. The molecule has 3 aliphatic rings. The van der Waals surface area contributed by atoms with E-state index in [1.807, 2.05) is 18.7 Å². The van der Waals surface area contributed by atoms with E-state index < -0.39 is 16.1 Å². The van der Waals surface area contributed by atoms with Crippen molar-refractivity contribution in [3.8, 4) is 0 Å². The molecule has 2 amide bonds. The van der Waals surface area contributed by atoms with E-state index in [0.717, 1.165) is 31.5 Å². The Balaban J connectivity index is 1.36. The van der Waals surface area contributed by atoms with Crippen molar-refractivity contribution in [1.82, 2.24) is 19.0 Å². The number of amides is 2. The fourth-order valence-corrected chi connectivity index (χ4v) is 6.85. The topological polar surface area (TPSA) is 81.2 Å². The summed E-state index contributed by atoms with van der Waals surface area (Å²) >= 11 is 0. The van der Waals surface area contributed by atoms with Crippen LogP contribution < -0.4 is 0 Å². The number of sulfonamides is 1. The standard InChI is InChI=1S/C24H36N4O4S/c1-19-8-10-21(11-9-19)33(31,32)28-14-6-7-22(28)24(30)27-17-15-25(16-18-27)20(2)23(29)26-12-4-3-5-13-26/h8-11,20,22H,3-7,12-18H2,1-2H3/t20?,22-/m0/s1. The van der Waals surface area contributed by atoms with Crippen molar-refractivity contribution in [1.29, 1.82) is 0 Å². The number of hydrogen-bond acceptors (Lipinski definition) is 5. The minimum atomic E-state index is -3.71. The zero-order valence-electron chi connectivity index (χ0n) is 19.8. The van der Waals surface area contributed by atoms with Crippen LogP contribution in [-0.4, -0.2) is 97.1 Å². The Morgan fingerprint density at radius 3 is 2.12 bits per heavy atom. The molecule has 33 heavy (non-hydrogen) atoms. The molecule has 3 aliphatic heterocycles. The Kier molecular flexibility index (Phi) is 7.40. The summed E-state index contributed by atoms with van der Waals surface area (Å²) in [5.74, 6) is 0.0680. The van der Waals surface area contributed by atoms with Crippen LogP contribution in [0.4, 0.5) is 0 Å². The molecule has 3 heterocycles. The molecule has 0 N–H and O–H groups in total. The number of piperidine rings is 1. The van der Waals surface area contributed by atoms with Crippen molar-refractivity contribution in [3.63, 3.8) is 0 Å². The van der Waals surface area contributed by atoms with Crippen molar-refractivity contribution >= 4 is 21.8 Å². The van der Waals surface area contributed by atoms with Gasteiger partial charge in [0.15, 0.2) is 0 Å². The highest BCUT2D eigenvalue weighted by atomic mass is 32.2. The molecule has 3 fully saturated rings. The lowest BCUT2D eigenvalue weighted by atomic mass is 10.1. The van der Waals surface area contributed by atoms with E-state index in [0.29, 0.717) is 45.6 Å². The lowest BCUT2D eigenvalue weighted by molar-refractivity contribution is -0.140. The molecular weight excluding hydrogens is 440 g/mol. The zero-order valence-corrected chi connectivity index (χ0v) is 20.6. The molecule has 0 bridgehead atoms. The van der Waals surface area contributed by atoms with Gasteiger partial charge >= 0.3 is 0 Å². The zero-order chi connectivity index (χ0) is 23.6. The highest BCUT2D eigenvalue weighted by Crippen LogP contribution is 2.28. The molecular formula is C24H36N4O4S. The molecule has 1 aromatic carbocycles. The van der Waals surface area contributed by atoms with Gasteiger partial charge in [-0.15, -0.1) is 0 Å². The van der Waals surface area contributed by atoms with Crippen LogP contribution in [0.3, 0.4) is 0 Å². The molecule has 1 unspecified atom stereocenters. The predicted molar refractivity (Wildman–Crippen MR) is 126 cm³/mol.